The normalized spacial score (nSPS) is 11.0. The fourth-order valence-corrected chi connectivity index (χ4v) is 2.13. The molecule has 0 aliphatic heterocycles. The Bertz CT molecular complexity index is 684. The summed E-state index contributed by atoms with van der Waals surface area (Å²) in [6.45, 7) is 0.375. The molecule has 0 spiro atoms. The molecule has 2 rings (SSSR count). The minimum Gasteiger partial charge on any atom is -0.496 e. The van der Waals surface area contributed by atoms with Gasteiger partial charge in [-0.1, -0.05) is 18.2 Å². The standard InChI is InChI=1S/C17H16F3NO3/c1-23-15-5-3-2-4-12(15)10-11-21-16(22)13-6-8-14(9-7-13)24-17(18,19)20/h2-9H,10-11H2,1H3,(H,21,22). The monoisotopic (exact) mass is 339 g/mol. The lowest BCUT2D eigenvalue weighted by Crippen LogP contribution is -2.25. The van der Waals surface area contributed by atoms with Crippen LogP contribution in [0, 0.1) is 0 Å². The molecule has 0 radical (unpaired) electrons. The number of methoxy groups -OCH3 is 1. The quantitative estimate of drug-likeness (QED) is 0.875. The maximum atomic E-state index is 12.1. The van der Waals surface area contributed by atoms with Crippen molar-refractivity contribution in [3.63, 3.8) is 0 Å². The van der Waals surface area contributed by atoms with Crippen molar-refractivity contribution in [2.24, 2.45) is 0 Å². The third kappa shape index (κ3) is 5.19. The molecule has 2 aromatic rings. The van der Waals surface area contributed by atoms with Gasteiger partial charge in [-0.05, 0) is 42.3 Å². The first-order chi connectivity index (χ1) is 11.4. The summed E-state index contributed by atoms with van der Waals surface area (Å²) in [5, 5.41) is 2.71. The number of halogens is 3. The van der Waals surface area contributed by atoms with Gasteiger partial charge in [-0.15, -0.1) is 13.2 Å². The predicted octanol–water partition coefficient (Wildman–Crippen LogP) is 3.57. The van der Waals surface area contributed by atoms with E-state index in [0.29, 0.717) is 13.0 Å². The molecule has 0 heterocycles. The van der Waals surface area contributed by atoms with Crippen LogP contribution >= 0.6 is 0 Å². The minimum atomic E-state index is -4.75. The Labute approximate surface area is 137 Å². The first kappa shape index (κ1) is 17.7. The van der Waals surface area contributed by atoms with Gasteiger partial charge in [-0.25, -0.2) is 0 Å². The lowest BCUT2D eigenvalue weighted by molar-refractivity contribution is -0.274. The zero-order chi connectivity index (χ0) is 17.6. The van der Waals surface area contributed by atoms with Crippen LogP contribution in [0.4, 0.5) is 13.2 Å². The number of benzene rings is 2. The van der Waals surface area contributed by atoms with E-state index in [1.165, 1.54) is 12.1 Å². The van der Waals surface area contributed by atoms with Gasteiger partial charge in [0.15, 0.2) is 0 Å². The van der Waals surface area contributed by atoms with E-state index in [4.69, 9.17) is 4.74 Å². The molecule has 0 aliphatic carbocycles. The third-order valence-electron chi connectivity index (χ3n) is 3.22. The molecule has 0 aromatic heterocycles. The fourth-order valence-electron chi connectivity index (χ4n) is 2.13. The summed E-state index contributed by atoms with van der Waals surface area (Å²) in [4.78, 5) is 12.0. The van der Waals surface area contributed by atoms with Crippen LogP contribution in [0.5, 0.6) is 11.5 Å². The van der Waals surface area contributed by atoms with Gasteiger partial charge in [-0.2, -0.15) is 0 Å². The number of nitrogens with one attached hydrogen (secondary N) is 1. The second-order valence-corrected chi connectivity index (χ2v) is 4.89. The Morgan fingerprint density at radius 1 is 1.08 bits per heavy atom. The van der Waals surface area contributed by atoms with Crippen LogP contribution in [0.15, 0.2) is 48.5 Å². The first-order valence-electron chi connectivity index (χ1n) is 7.15. The minimum absolute atomic E-state index is 0.254. The van der Waals surface area contributed by atoms with Crippen LogP contribution < -0.4 is 14.8 Å². The Kier molecular flexibility index (Phi) is 5.68. The Morgan fingerprint density at radius 3 is 2.38 bits per heavy atom. The van der Waals surface area contributed by atoms with Gasteiger partial charge in [0.25, 0.3) is 5.91 Å². The molecule has 4 nitrogen and oxygen atoms in total. The van der Waals surface area contributed by atoms with Gasteiger partial charge in [0.1, 0.15) is 11.5 Å². The molecule has 0 fully saturated rings. The van der Waals surface area contributed by atoms with E-state index < -0.39 is 6.36 Å². The molecule has 0 saturated carbocycles. The number of alkyl halides is 3. The van der Waals surface area contributed by atoms with Gasteiger partial charge in [0.05, 0.1) is 7.11 Å². The lowest BCUT2D eigenvalue weighted by atomic mass is 10.1. The van der Waals surface area contributed by atoms with E-state index in [1.54, 1.807) is 7.11 Å². The van der Waals surface area contributed by atoms with Crippen LogP contribution in [0.3, 0.4) is 0 Å². The predicted molar refractivity (Wildman–Crippen MR) is 82.2 cm³/mol. The Morgan fingerprint density at radius 2 is 1.75 bits per heavy atom. The molecular weight excluding hydrogens is 323 g/mol. The highest BCUT2D eigenvalue weighted by Gasteiger charge is 2.31. The van der Waals surface area contributed by atoms with Crippen LogP contribution in [0.2, 0.25) is 0 Å². The summed E-state index contributed by atoms with van der Waals surface area (Å²) in [7, 11) is 1.57. The van der Waals surface area contributed by atoms with E-state index in [1.807, 2.05) is 24.3 Å². The lowest BCUT2D eigenvalue weighted by Gasteiger charge is -2.10. The molecule has 0 aliphatic rings. The van der Waals surface area contributed by atoms with Crippen LogP contribution in [0.1, 0.15) is 15.9 Å². The Balaban J connectivity index is 1.88. The van der Waals surface area contributed by atoms with Crippen LogP contribution in [0.25, 0.3) is 0 Å². The van der Waals surface area contributed by atoms with E-state index in [9.17, 15) is 18.0 Å². The summed E-state index contributed by atoms with van der Waals surface area (Å²) in [5.41, 5.74) is 1.21. The van der Waals surface area contributed by atoms with Crippen LogP contribution in [-0.2, 0) is 6.42 Å². The SMILES string of the molecule is COc1ccccc1CCNC(=O)c1ccc(OC(F)(F)F)cc1. The van der Waals surface area contributed by atoms with E-state index in [0.717, 1.165) is 23.4 Å². The smallest absolute Gasteiger partial charge is 0.496 e. The number of carbonyl (C=O) groups excluding carboxylic acids is 1. The van der Waals surface area contributed by atoms with Crippen molar-refractivity contribution in [2.45, 2.75) is 12.8 Å². The topological polar surface area (TPSA) is 47.6 Å². The first-order valence-corrected chi connectivity index (χ1v) is 7.15. The largest absolute Gasteiger partial charge is 0.573 e. The molecule has 24 heavy (non-hydrogen) atoms. The van der Waals surface area contributed by atoms with Gasteiger partial charge < -0.3 is 14.8 Å². The van der Waals surface area contributed by atoms with Crippen molar-refractivity contribution in [2.75, 3.05) is 13.7 Å². The molecule has 0 unspecified atom stereocenters. The molecular formula is C17H16F3NO3. The molecule has 128 valence electrons. The van der Waals surface area contributed by atoms with E-state index >= 15 is 0 Å². The third-order valence-corrected chi connectivity index (χ3v) is 3.22. The highest BCUT2D eigenvalue weighted by atomic mass is 19.4. The number of amides is 1. The second-order valence-electron chi connectivity index (χ2n) is 4.89. The number of hydrogen-bond acceptors (Lipinski definition) is 3. The van der Waals surface area contributed by atoms with Crippen molar-refractivity contribution in [3.05, 3.63) is 59.7 Å². The number of carbonyl (C=O) groups is 1. The van der Waals surface area contributed by atoms with Crippen molar-refractivity contribution >= 4 is 5.91 Å². The van der Waals surface area contributed by atoms with Crippen molar-refractivity contribution in [1.29, 1.82) is 0 Å². The highest BCUT2D eigenvalue weighted by Crippen LogP contribution is 2.22. The highest BCUT2D eigenvalue weighted by molar-refractivity contribution is 5.94. The van der Waals surface area contributed by atoms with Gasteiger partial charge >= 0.3 is 6.36 Å². The van der Waals surface area contributed by atoms with Gasteiger partial charge in [0.2, 0.25) is 0 Å². The molecule has 0 atom stereocenters. The summed E-state index contributed by atoms with van der Waals surface area (Å²) in [6.07, 6.45) is -4.18. The van der Waals surface area contributed by atoms with Gasteiger partial charge in [0, 0.05) is 12.1 Å². The molecule has 0 bridgehead atoms. The average Bonchev–Trinajstić information content (AvgIpc) is 2.54. The molecule has 1 amide bonds. The fraction of sp³-hybridized carbons (Fsp3) is 0.235. The van der Waals surface area contributed by atoms with Crippen molar-refractivity contribution in [1.82, 2.24) is 5.32 Å². The number of para-hydroxylation sites is 1. The van der Waals surface area contributed by atoms with Gasteiger partial charge in [-0.3, -0.25) is 4.79 Å². The zero-order valence-corrected chi connectivity index (χ0v) is 12.9. The maximum Gasteiger partial charge on any atom is 0.573 e. The van der Waals surface area contributed by atoms with E-state index in [2.05, 4.69) is 10.1 Å². The summed E-state index contributed by atoms with van der Waals surface area (Å²) >= 11 is 0. The van der Waals surface area contributed by atoms with Crippen molar-refractivity contribution in [3.8, 4) is 11.5 Å². The Hall–Kier alpha value is -2.70. The maximum absolute atomic E-state index is 12.1. The average molecular weight is 339 g/mol. The summed E-state index contributed by atoms with van der Waals surface area (Å²) in [6, 6.07) is 12.2. The summed E-state index contributed by atoms with van der Waals surface area (Å²) < 4.78 is 45.2. The zero-order valence-electron chi connectivity index (χ0n) is 12.9. The molecule has 0 saturated heterocycles. The molecule has 7 heteroatoms. The number of hydrogen-bond donors (Lipinski definition) is 1. The number of ether oxygens (including phenoxy) is 2. The summed E-state index contributed by atoms with van der Waals surface area (Å²) in [5.74, 6) is -0.00284. The van der Waals surface area contributed by atoms with Crippen molar-refractivity contribution < 1.29 is 27.4 Å². The van der Waals surface area contributed by atoms with E-state index in [-0.39, 0.29) is 17.2 Å². The molecule has 1 N–H and O–H groups in total. The molecule has 2 aromatic carbocycles. The second kappa shape index (κ2) is 7.72. The number of rotatable bonds is 6. The van der Waals surface area contributed by atoms with Crippen LogP contribution in [-0.4, -0.2) is 25.9 Å².